The molecule has 1 aliphatic heterocycles. The molecule has 1 aromatic heterocycles. The summed E-state index contributed by atoms with van der Waals surface area (Å²) in [6.07, 6.45) is 2.41. The number of furan rings is 1. The van der Waals surface area contributed by atoms with E-state index >= 15 is 0 Å². The third-order valence-corrected chi connectivity index (χ3v) is 3.55. The van der Waals surface area contributed by atoms with E-state index in [1.165, 1.54) is 12.8 Å². The number of hydrogen-bond acceptors (Lipinski definition) is 4. The Morgan fingerprint density at radius 3 is 2.60 bits per heavy atom. The van der Waals surface area contributed by atoms with Crippen LogP contribution in [0.2, 0.25) is 0 Å². The van der Waals surface area contributed by atoms with Gasteiger partial charge >= 0.3 is 0 Å². The molecule has 1 fully saturated rings. The van der Waals surface area contributed by atoms with Gasteiger partial charge in [0.1, 0.15) is 11.5 Å². The Bertz CT molecular complexity index is 428. The number of nitrogens with one attached hydrogen (secondary N) is 1. The van der Waals surface area contributed by atoms with Crippen LogP contribution < -0.4 is 11.1 Å². The molecule has 0 saturated carbocycles. The topological polar surface area (TPSA) is 71.5 Å². The first-order chi connectivity index (χ1) is 9.08. The molecule has 2 unspecified atom stereocenters. The summed E-state index contributed by atoms with van der Waals surface area (Å²) in [7, 11) is 0. The zero-order chi connectivity index (χ0) is 13.8. The average molecular weight is 302 g/mol. The fourth-order valence-electron chi connectivity index (χ4n) is 2.45. The van der Waals surface area contributed by atoms with Gasteiger partial charge in [-0.05, 0) is 51.9 Å². The van der Waals surface area contributed by atoms with Gasteiger partial charge in [-0.25, -0.2) is 0 Å². The number of carbonyl (C=O) groups excluding carboxylic acids is 1. The third-order valence-electron chi connectivity index (χ3n) is 3.55. The highest BCUT2D eigenvalue weighted by Gasteiger charge is 2.26. The van der Waals surface area contributed by atoms with Crippen LogP contribution in [0.5, 0.6) is 0 Å². The molecule has 1 amide bonds. The number of amides is 1. The monoisotopic (exact) mass is 301 g/mol. The van der Waals surface area contributed by atoms with Crippen molar-refractivity contribution in [2.45, 2.75) is 38.8 Å². The molecular weight excluding hydrogens is 278 g/mol. The predicted octanol–water partition coefficient (Wildman–Crippen LogP) is 1.61. The second kappa shape index (κ2) is 7.67. The van der Waals surface area contributed by atoms with Crippen LogP contribution in [0.4, 0.5) is 0 Å². The van der Waals surface area contributed by atoms with Gasteiger partial charge in [-0.1, -0.05) is 0 Å². The molecule has 1 saturated heterocycles. The van der Waals surface area contributed by atoms with Gasteiger partial charge in [0.25, 0.3) is 0 Å². The molecule has 2 rings (SSSR count). The van der Waals surface area contributed by atoms with E-state index in [0.29, 0.717) is 6.54 Å². The zero-order valence-corrected chi connectivity index (χ0v) is 12.9. The van der Waals surface area contributed by atoms with Crippen LogP contribution >= 0.6 is 12.4 Å². The Morgan fingerprint density at radius 2 is 2.10 bits per heavy atom. The van der Waals surface area contributed by atoms with E-state index in [2.05, 4.69) is 10.2 Å². The molecule has 6 heteroatoms. The molecule has 2 atom stereocenters. The average Bonchev–Trinajstić information content (AvgIpc) is 3.01. The SMILES string of the molecule is Cc1ccc(C(CNC(=O)C(C)N)N2CCCC2)o1.Cl. The third kappa shape index (κ3) is 4.23. The number of rotatable bonds is 5. The molecule has 0 radical (unpaired) electrons. The summed E-state index contributed by atoms with van der Waals surface area (Å²) < 4.78 is 5.73. The zero-order valence-electron chi connectivity index (χ0n) is 12.1. The van der Waals surface area contributed by atoms with E-state index in [-0.39, 0.29) is 24.4 Å². The van der Waals surface area contributed by atoms with Gasteiger partial charge in [-0.3, -0.25) is 9.69 Å². The molecule has 5 nitrogen and oxygen atoms in total. The minimum absolute atomic E-state index is 0. The van der Waals surface area contributed by atoms with Gasteiger partial charge in [0.2, 0.25) is 5.91 Å². The van der Waals surface area contributed by atoms with Crippen LogP contribution in [0.1, 0.15) is 37.3 Å². The summed E-state index contributed by atoms with van der Waals surface area (Å²) in [5.41, 5.74) is 5.57. The maximum absolute atomic E-state index is 11.6. The second-order valence-corrected chi connectivity index (χ2v) is 5.24. The van der Waals surface area contributed by atoms with Crippen LogP contribution in [-0.2, 0) is 4.79 Å². The molecule has 0 aliphatic carbocycles. The lowest BCUT2D eigenvalue weighted by atomic mass is 10.2. The highest BCUT2D eigenvalue weighted by Crippen LogP contribution is 2.26. The molecule has 0 bridgehead atoms. The number of hydrogen-bond donors (Lipinski definition) is 2. The quantitative estimate of drug-likeness (QED) is 0.867. The van der Waals surface area contributed by atoms with Crippen molar-refractivity contribution in [3.05, 3.63) is 23.7 Å². The molecule has 114 valence electrons. The summed E-state index contributed by atoms with van der Waals surface area (Å²) in [6.45, 7) is 6.28. The maximum Gasteiger partial charge on any atom is 0.236 e. The molecule has 0 aromatic carbocycles. The number of nitrogens with zero attached hydrogens (tertiary/aromatic N) is 1. The second-order valence-electron chi connectivity index (χ2n) is 5.24. The van der Waals surface area contributed by atoms with Crippen LogP contribution in [0.15, 0.2) is 16.5 Å². The summed E-state index contributed by atoms with van der Waals surface area (Å²) in [5, 5.41) is 2.90. The molecule has 1 aromatic rings. The van der Waals surface area contributed by atoms with Crippen LogP contribution in [0.3, 0.4) is 0 Å². The Morgan fingerprint density at radius 1 is 1.45 bits per heavy atom. The minimum Gasteiger partial charge on any atom is -0.465 e. The van der Waals surface area contributed by atoms with E-state index in [1.54, 1.807) is 6.92 Å². The Hall–Kier alpha value is -1.04. The van der Waals surface area contributed by atoms with Gasteiger partial charge in [0.15, 0.2) is 0 Å². The number of halogens is 1. The van der Waals surface area contributed by atoms with Crippen molar-refractivity contribution in [3.8, 4) is 0 Å². The predicted molar refractivity (Wildman–Crippen MR) is 80.9 cm³/mol. The fraction of sp³-hybridized carbons (Fsp3) is 0.643. The number of nitrogens with two attached hydrogens (primary N) is 1. The van der Waals surface area contributed by atoms with E-state index in [4.69, 9.17) is 10.2 Å². The normalized spacial score (nSPS) is 18.4. The first kappa shape index (κ1) is 17.0. The van der Waals surface area contributed by atoms with Gasteiger partial charge in [-0.15, -0.1) is 12.4 Å². The number of aryl methyl sites for hydroxylation is 1. The van der Waals surface area contributed by atoms with Gasteiger partial charge in [0, 0.05) is 6.54 Å². The first-order valence-corrected chi connectivity index (χ1v) is 6.91. The molecule has 20 heavy (non-hydrogen) atoms. The maximum atomic E-state index is 11.6. The first-order valence-electron chi connectivity index (χ1n) is 6.91. The van der Waals surface area contributed by atoms with Crippen molar-refractivity contribution in [2.75, 3.05) is 19.6 Å². The van der Waals surface area contributed by atoms with Crippen molar-refractivity contribution in [1.29, 1.82) is 0 Å². The minimum atomic E-state index is -0.474. The Kier molecular flexibility index (Phi) is 6.52. The van der Waals surface area contributed by atoms with Crippen molar-refractivity contribution in [2.24, 2.45) is 5.73 Å². The standard InChI is InChI=1S/C14H23N3O2.ClH/c1-10-5-6-13(19-10)12(17-7-3-4-8-17)9-16-14(18)11(2)15;/h5-6,11-12H,3-4,7-9,15H2,1-2H3,(H,16,18);1H. The van der Waals surface area contributed by atoms with Gasteiger partial charge in [0.05, 0.1) is 12.1 Å². The van der Waals surface area contributed by atoms with E-state index in [0.717, 1.165) is 24.6 Å². The molecule has 3 N–H and O–H groups in total. The van der Waals surface area contributed by atoms with Crippen LogP contribution in [0, 0.1) is 6.92 Å². The molecule has 2 heterocycles. The van der Waals surface area contributed by atoms with Crippen molar-refractivity contribution < 1.29 is 9.21 Å². The highest BCUT2D eigenvalue weighted by molar-refractivity contribution is 5.85. The molecular formula is C14H24ClN3O2. The number of likely N-dealkylation sites (tertiary alicyclic amines) is 1. The van der Waals surface area contributed by atoms with E-state index in [1.807, 2.05) is 19.1 Å². The summed E-state index contributed by atoms with van der Waals surface area (Å²) in [4.78, 5) is 14.0. The van der Waals surface area contributed by atoms with Crippen molar-refractivity contribution in [3.63, 3.8) is 0 Å². The molecule has 1 aliphatic rings. The molecule has 0 spiro atoms. The Balaban J connectivity index is 0.00000200. The van der Waals surface area contributed by atoms with Crippen molar-refractivity contribution >= 4 is 18.3 Å². The van der Waals surface area contributed by atoms with E-state index in [9.17, 15) is 4.79 Å². The lowest BCUT2D eigenvalue weighted by molar-refractivity contribution is -0.122. The summed E-state index contributed by atoms with van der Waals surface area (Å²) in [5.74, 6) is 1.70. The van der Waals surface area contributed by atoms with Gasteiger partial charge in [-0.2, -0.15) is 0 Å². The van der Waals surface area contributed by atoms with Crippen LogP contribution in [0.25, 0.3) is 0 Å². The van der Waals surface area contributed by atoms with Crippen molar-refractivity contribution in [1.82, 2.24) is 10.2 Å². The van der Waals surface area contributed by atoms with Gasteiger partial charge < -0.3 is 15.5 Å². The highest BCUT2D eigenvalue weighted by atomic mass is 35.5. The Labute approximate surface area is 126 Å². The largest absolute Gasteiger partial charge is 0.465 e. The fourth-order valence-corrected chi connectivity index (χ4v) is 2.45. The summed E-state index contributed by atoms with van der Waals surface area (Å²) in [6, 6.07) is 3.60. The summed E-state index contributed by atoms with van der Waals surface area (Å²) >= 11 is 0. The van der Waals surface area contributed by atoms with E-state index < -0.39 is 6.04 Å². The lowest BCUT2D eigenvalue weighted by Gasteiger charge is -2.26. The smallest absolute Gasteiger partial charge is 0.236 e. The number of carbonyl (C=O) groups is 1. The van der Waals surface area contributed by atoms with Crippen LogP contribution in [-0.4, -0.2) is 36.5 Å². The lowest BCUT2D eigenvalue weighted by Crippen LogP contribution is -2.43.